The first kappa shape index (κ1) is 13.1. The van der Waals surface area contributed by atoms with Crippen molar-refractivity contribution in [1.82, 2.24) is 14.5 Å². The fourth-order valence-corrected chi connectivity index (χ4v) is 3.86. The van der Waals surface area contributed by atoms with Crippen LogP contribution >= 0.6 is 11.6 Å². The van der Waals surface area contributed by atoms with E-state index >= 15 is 0 Å². The predicted octanol–water partition coefficient (Wildman–Crippen LogP) is 3.26. The highest BCUT2D eigenvalue weighted by Gasteiger charge is 2.28. The number of hydrogen-bond donors (Lipinski definition) is 0. The van der Waals surface area contributed by atoms with Crippen molar-refractivity contribution in [2.45, 2.75) is 38.1 Å². The Kier molecular flexibility index (Phi) is 3.34. The number of anilines is 1. The Balaban J connectivity index is 1.57. The molecule has 1 atom stereocenters. The Morgan fingerprint density at radius 2 is 2.14 bits per heavy atom. The molecule has 1 saturated heterocycles. The smallest absolute Gasteiger partial charge is 0.0954 e. The summed E-state index contributed by atoms with van der Waals surface area (Å²) in [4.78, 5) is 11.1. The number of halogens is 1. The van der Waals surface area contributed by atoms with Crippen molar-refractivity contribution < 1.29 is 0 Å². The summed E-state index contributed by atoms with van der Waals surface area (Å²) in [6, 6.07) is 2.53. The van der Waals surface area contributed by atoms with Crippen molar-refractivity contribution in [2.75, 3.05) is 18.0 Å². The summed E-state index contributed by atoms with van der Waals surface area (Å²) in [5.41, 5.74) is 3.89. The minimum absolute atomic E-state index is 0.517. The zero-order valence-corrected chi connectivity index (χ0v) is 12.8. The van der Waals surface area contributed by atoms with Gasteiger partial charge in [0, 0.05) is 31.2 Å². The molecule has 0 spiro atoms. The van der Waals surface area contributed by atoms with Crippen molar-refractivity contribution in [3.8, 4) is 0 Å². The minimum atomic E-state index is 0.517. The van der Waals surface area contributed by atoms with E-state index in [-0.39, 0.29) is 0 Å². The van der Waals surface area contributed by atoms with E-state index in [4.69, 9.17) is 11.6 Å². The zero-order valence-electron chi connectivity index (χ0n) is 12.0. The first-order valence-electron chi connectivity index (χ1n) is 7.72. The second-order valence-corrected chi connectivity index (χ2v) is 6.38. The molecule has 0 saturated carbocycles. The molecule has 2 aromatic rings. The SMILES string of the molecule is Clc1cnccc1N1CC[C@H](n2cnc3c2CCCC3)C1. The van der Waals surface area contributed by atoms with Gasteiger partial charge in [-0.1, -0.05) is 11.6 Å². The van der Waals surface area contributed by atoms with Gasteiger partial charge in [-0.05, 0) is 38.2 Å². The van der Waals surface area contributed by atoms with Crippen molar-refractivity contribution in [3.63, 3.8) is 0 Å². The van der Waals surface area contributed by atoms with Gasteiger partial charge in [-0.15, -0.1) is 0 Å². The summed E-state index contributed by atoms with van der Waals surface area (Å²) in [5, 5.41) is 0.741. The van der Waals surface area contributed by atoms with Crippen molar-refractivity contribution in [3.05, 3.63) is 41.2 Å². The maximum Gasteiger partial charge on any atom is 0.0954 e. The van der Waals surface area contributed by atoms with Crippen LogP contribution in [0.1, 0.15) is 36.7 Å². The van der Waals surface area contributed by atoms with E-state index < -0.39 is 0 Å². The Labute approximate surface area is 129 Å². The van der Waals surface area contributed by atoms with Gasteiger partial charge in [0.2, 0.25) is 0 Å². The average Bonchev–Trinajstić information content (AvgIpc) is 3.14. The molecular formula is C16H19ClN4. The molecule has 4 rings (SSSR count). The van der Waals surface area contributed by atoms with Gasteiger partial charge in [0.25, 0.3) is 0 Å². The molecule has 5 heteroatoms. The Morgan fingerprint density at radius 1 is 1.24 bits per heavy atom. The lowest BCUT2D eigenvalue weighted by atomic mass is 10.0. The molecule has 2 aromatic heterocycles. The third-order valence-corrected chi connectivity index (χ3v) is 5.00. The molecule has 110 valence electrons. The van der Waals surface area contributed by atoms with Gasteiger partial charge in [0.1, 0.15) is 0 Å². The van der Waals surface area contributed by atoms with E-state index in [2.05, 4.69) is 25.8 Å². The summed E-state index contributed by atoms with van der Waals surface area (Å²) in [7, 11) is 0. The topological polar surface area (TPSA) is 34.0 Å². The molecule has 4 nitrogen and oxygen atoms in total. The Bertz CT molecular complexity index is 651. The number of fused-ring (bicyclic) bond motifs is 1. The number of hydrogen-bond acceptors (Lipinski definition) is 3. The van der Waals surface area contributed by atoms with Crippen LogP contribution in [0.25, 0.3) is 0 Å². The van der Waals surface area contributed by atoms with Gasteiger partial charge in [-0.2, -0.15) is 0 Å². The molecule has 21 heavy (non-hydrogen) atoms. The number of aromatic nitrogens is 3. The van der Waals surface area contributed by atoms with Crippen molar-refractivity contribution in [2.24, 2.45) is 0 Å². The largest absolute Gasteiger partial charge is 0.368 e. The van der Waals surface area contributed by atoms with Crippen LogP contribution in [0.3, 0.4) is 0 Å². The van der Waals surface area contributed by atoms with E-state index in [1.54, 1.807) is 6.20 Å². The molecule has 3 heterocycles. The van der Waals surface area contributed by atoms with E-state index in [0.717, 1.165) is 36.6 Å². The third-order valence-electron chi connectivity index (χ3n) is 4.71. The van der Waals surface area contributed by atoms with Crippen molar-refractivity contribution >= 4 is 17.3 Å². The summed E-state index contributed by atoms with van der Waals surface area (Å²) < 4.78 is 2.42. The fraction of sp³-hybridized carbons (Fsp3) is 0.500. The third kappa shape index (κ3) is 2.31. The van der Waals surface area contributed by atoms with Gasteiger partial charge in [0.15, 0.2) is 0 Å². The molecule has 2 aliphatic rings. The number of imidazole rings is 1. The quantitative estimate of drug-likeness (QED) is 0.854. The Hall–Kier alpha value is -1.55. The van der Waals surface area contributed by atoms with Crippen LogP contribution in [-0.2, 0) is 12.8 Å². The summed E-state index contributed by atoms with van der Waals surface area (Å²) in [6.45, 7) is 2.05. The number of nitrogens with zero attached hydrogens (tertiary/aromatic N) is 4. The average molecular weight is 303 g/mol. The van der Waals surface area contributed by atoms with Crippen molar-refractivity contribution in [1.29, 1.82) is 0 Å². The number of pyridine rings is 1. The zero-order chi connectivity index (χ0) is 14.2. The van der Waals surface area contributed by atoms with Crippen LogP contribution in [0, 0.1) is 0 Å². The first-order chi connectivity index (χ1) is 10.3. The van der Waals surface area contributed by atoms with Crippen LogP contribution < -0.4 is 4.90 Å². The van der Waals surface area contributed by atoms with Crippen LogP contribution in [0.4, 0.5) is 5.69 Å². The van der Waals surface area contributed by atoms with Gasteiger partial charge < -0.3 is 9.47 Å². The van der Waals surface area contributed by atoms with Gasteiger partial charge in [0.05, 0.1) is 28.8 Å². The highest BCUT2D eigenvalue weighted by molar-refractivity contribution is 6.33. The van der Waals surface area contributed by atoms with E-state index in [0.29, 0.717) is 6.04 Å². The molecular weight excluding hydrogens is 284 g/mol. The standard InChI is InChI=1S/C16H19ClN4/c17-13-9-18-7-5-15(13)20-8-6-12(10-20)21-11-19-14-3-1-2-4-16(14)21/h5,7,9,11-12H,1-4,6,8,10H2/t12-/m0/s1. The molecule has 0 N–H and O–H groups in total. The lowest BCUT2D eigenvalue weighted by molar-refractivity contribution is 0.515. The van der Waals surface area contributed by atoms with Gasteiger partial charge in [-0.25, -0.2) is 4.98 Å². The lowest BCUT2D eigenvalue weighted by Gasteiger charge is -2.22. The van der Waals surface area contributed by atoms with Crippen LogP contribution in [0.2, 0.25) is 5.02 Å². The lowest BCUT2D eigenvalue weighted by Crippen LogP contribution is -2.22. The van der Waals surface area contributed by atoms with Crippen LogP contribution in [0.15, 0.2) is 24.8 Å². The van der Waals surface area contributed by atoms with Crippen LogP contribution in [-0.4, -0.2) is 27.6 Å². The summed E-state index contributed by atoms with van der Waals surface area (Å²) in [5.74, 6) is 0. The number of aryl methyl sites for hydroxylation is 1. The van der Waals surface area contributed by atoms with E-state index in [9.17, 15) is 0 Å². The van der Waals surface area contributed by atoms with Crippen LogP contribution in [0.5, 0.6) is 0 Å². The van der Waals surface area contributed by atoms with Gasteiger partial charge >= 0.3 is 0 Å². The molecule has 1 fully saturated rings. The van der Waals surface area contributed by atoms with Gasteiger partial charge in [-0.3, -0.25) is 4.98 Å². The monoisotopic (exact) mass is 302 g/mol. The number of rotatable bonds is 2. The molecule has 0 radical (unpaired) electrons. The normalized spacial score (nSPS) is 21.6. The summed E-state index contributed by atoms with van der Waals surface area (Å²) >= 11 is 6.27. The highest BCUT2D eigenvalue weighted by atomic mass is 35.5. The first-order valence-corrected chi connectivity index (χ1v) is 8.10. The molecule has 0 aromatic carbocycles. The predicted molar refractivity (Wildman–Crippen MR) is 84.0 cm³/mol. The second-order valence-electron chi connectivity index (χ2n) is 5.97. The molecule has 0 bridgehead atoms. The highest BCUT2D eigenvalue weighted by Crippen LogP contribution is 2.33. The molecule has 1 aliphatic carbocycles. The Morgan fingerprint density at radius 3 is 3.05 bits per heavy atom. The molecule has 1 aliphatic heterocycles. The second kappa shape index (κ2) is 5.34. The molecule has 0 amide bonds. The van der Waals surface area contributed by atoms with E-state index in [1.165, 1.54) is 30.7 Å². The maximum absolute atomic E-state index is 6.27. The summed E-state index contributed by atoms with van der Waals surface area (Å²) in [6.07, 6.45) is 11.7. The van der Waals surface area contributed by atoms with E-state index in [1.807, 2.05) is 12.3 Å². The fourth-order valence-electron chi connectivity index (χ4n) is 3.62. The molecule has 0 unspecified atom stereocenters. The maximum atomic E-state index is 6.27. The minimum Gasteiger partial charge on any atom is -0.368 e.